The van der Waals surface area contributed by atoms with Gasteiger partial charge in [0.2, 0.25) is 12.2 Å². The lowest BCUT2D eigenvalue weighted by Gasteiger charge is -2.16. The fourth-order valence-electron chi connectivity index (χ4n) is 3.36. The summed E-state index contributed by atoms with van der Waals surface area (Å²) >= 11 is 0. The van der Waals surface area contributed by atoms with Gasteiger partial charge in [0.1, 0.15) is 6.07 Å². The maximum absolute atomic E-state index is 13.2. The number of esters is 2. The molecule has 0 radical (unpaired) electrons. The summed E-state index contributed by atoms with van der Waals surface area (Å²) in [6, 6.07) is 23.7. The number of amides is 2. The van der Waals surface area contributed by atoms with Gasteiger partial charge in [-0.15, -0.1) is 0 Å². The second-order valence-electron chi connectivity index (χ2n) is 7.02. The summed E-state index contributed by atoms with van der Waals surface area (Å²) in [7, 11) is 0. The first-order chi connectivity index (χ1) is 16.0. The molecule has 0 N–H and O–H groups in total. The third-order valence-electron chi connectivity index (χ3n) is 4.95. The van der Waals surface area contributed by atoms with Crippen LogP contribution in [-0.4, -0.2) is 36.0 Å². The number of para-hydroxylation sites is 1. The van der Waals surface area contributed by atoms with E-state index in [4.69, 9.17) is 9.47 Å². The predicted molar refractivity (Wildman–Crippen MR) is 115 cm³/mol. The summed E-state index contributed by atoms with van der Waals surface area (Å²) in [4.78, 5) is 52.4. The van der Waals surface area contributed by atoms with Gasteiger partial charge in [-0.05, 0) is 36.4 Å². The molecule has 162 valence electrons. The average Bonchev–Trinajstić information content (AvgIpc) is 3.08. The van der Waals surface area contributed by atoms with Crippen LogP contribution in [0.3, 0.4) is 0 Å². The molecule has 3 aromatic rings. The van der Waals surface area contributed by atoms with Gasteiger partial charge in [-0.2, -0.15) is 5.26 Å². The monoisotopic (exact) mass is 440 g/mol. The SMILES string of the molecule is N#Cc1ccccc1N1C(=O)[C@H](OC(=O)c2ccccc2)[C@@H](OC(=O)c2ccccc2)C1=O. The van der Waals surface area contributed by atoms with E-state index in [0.29, 0.717) is 4.90 Å². The topological polar surface area (TPSA) is 114 Å². The van der Waals surface area contributed by atoms with Crippen molar-refractivity contribution in [2.45, 2.75) is 12.2 Å². The molecule has 1 aliphatic rings. The van der Waals surface area contributed by atoms with E-state index in [2.05, 4.69) is 0 Å². The molecule has 2 amide bonds. The van der Waals surface area contributed by atoms with Gasteiger partial charge in [-0.3, -0.25) is 9.59 Å². The summed E-state index contributed by atoms with van der Waals surface area (Å²) in [5.41, 5.74) is 0.375. The van der Waals surface area contributed by atoms with Gasteiger partial charge in [-0.25, -0.2) is 14.5 Å². The highest BCUT2D eigenvalue weighted by molar-refractivity contribution is 6.25. The number of hydrogen-bond acceptors (Lipinski definition) is 7. The van der Waals surface area contributed by atoms with Gasteiger partial charge in [-0.1, -0.05) is 48.5 Å². The lowest BCUT2D eigenvalue weighted by Crippen LogP contribution is -2.37. The fraction of sp³-hybridized carbons (Fsp3) is 0.0800. The third kappa shape index (κ3) is 4.20. The molecular weight excluding hydrogens is 424 g/mol. The Morgan fingerprint density at radius 3 is 1.58 bits per heavy atom. The number of benzene rings is 3. The second-order valence-corrected chi connectivity index (χ2v) is 7.02. The molecule has 0 bridgehead atoms. The normalized spacial score (nSPS) is 17.4. The summed E-state index contributed by atoms with van der Waals surface area (Å²) in [6.45, 7) is 0. The summed E-state index contributed by atoms with van der Waals surface area (Å²) in [5, 5.41) is 9.40. The molecule has 1 saturated heterocycles. The van der Waals surface area contributed by atoms with Gasteiger partial charge in [0.05, 0.1) is 22.4 Å². The zero-order valence-corrected chi connectivity index (χ0v) is 17.1. The van der Waals surface area contributed by atoms with E-state index < -0.39 is 36.0 Å². The van der Waals surface area contributed by atoms with Crippen molar-refractivity contribution in [2.75, 3.05) is 4.90 Å². The van der Waals surface area contributed by atoms with E-state index in [0.717, 1.165) is 0 Å². The largest absolute Gasteiger partial charge is 0.444 e. The molecule has 2 atom stereocenters. The van der Waals surface area contributed by atoms with Crippen LogP contribution in [0.25, 0.3) is 0 Å². The van der Waals surface area contributed by atoms with E-state index in [1.807, 2.05) is 6.07 Å². The minimum atomic E-state index is -1.72. The van der Waals surface area contributed by atoms with Crippen LogP contribution in [0.4, 0.5) is 5.69 Å². The molecule has 4 rings (SSSR count). The standard InChI is InChI=1S/C25H16N2O6/c26-15-18-13-7-8-14-19(18)27-22(28)20(32-24(30)16-9-3-1-4-10-16)21(23(27)29)33-25(31)17-11-5-2-6-12-17/h1-14,20-21H/t20-,21-/m1/s1. The van der Waals surface area contributed by atoms with E-state index in [1.165, 1.54) is 36.4 Å². The number of hydrogen-bond donors (Lipinski definition) is 0. The van der Waals surface area contributed by atoms with Crippen molar-refractivity contribution in [3.05, 3.63) is 102 Å². The van der Waals surface area contributed by atoms with Crippen molar-refractivity contribution in [1.82, 2.24) is 0 Å². The number of anilines is 1. The molecule has 3 aromatic carbocycles. The number of ether oxygens (including phenoxy) is 2. The summed E-state index contributed by atoms with van der Waals surface area (Å²) in [5.74, 6) is -3.56. The first-order valence-electron chi connectivity index (χ1n) is 9.90. The molecule has 0 unspecified atom stereocenters. The minimum absolute atomic E-state index is 0.00835. The van der Waals surface area contributed by atoms with Crippen LogP contribution in [0.15, 0.2) is 84.9 Å². The number of carbonyl (C=O) groups is 4. The smallest absolute Gasteiger partial charge is 0.339 e. The maximum atomic E-state index is 13.2. The Hall–Kier alpha value is -4.77. The lowest BCUT2D eigenvalue weighted by atomic mass is 10.2. The molecule has 0 spiro atoms. The van der Waals surface area contributed by atoms with Gasteiger partial charge >= 0.3 is 11.9 Å². The molecule has 0 saturated carbocycles. The van der Waals surface area contributed by atoms with Crippen LogP contribution in [0.2, 0.25) is 0 Å². The maximum Gasteiger partial charge on any atom is 0.339 e. The Balaban J connectivity index is 1.69. The number of imide groups is 1. The zero-order chi connectivity index (χ0) is 23.4. The Bertz CT molecular complexity index is 1200. The minimum Gasteiger partial charge on any atom is -0.444 e. The van der Waals surface area contributed by atoms with E-state index in [-0.39, 0.29) is 22.4 Å². The molecule has 0 aliphatic carbocycles. The van der Waals surface area contributed by atoms with E-state index in [1.54, 1.807) is 48.5 Å². The molecule has 8 heteroatoms. The molecule has 8 nitrogen and oxygen atoms in total. The number of nitrogens with zero attached hydrogens (tertiary/aromatic N) is 2. The Labute approximate surface area is 188 Å². The molecule has 1 heterocycles. The van der Waals surface area contributed by atoms with Crippen LogP contribution >= 0.6 is 0 Å². The van der Waals surface area contributed by atoms with Crippen molar-refractivity contribution in [3.8, 4) is 6.07 Å². The van der Waals surface area contributed by atoms with Gasteiger partial charge in [0.25, 0.3) is 11.8 Å². The third-order valence-corrected chi connectivity index (χ3v) is 4.95. The van der Waals surface area contributed by atoms with Crippen molar-refractivity contribution in [3.63, 3.8) is 0 Å². The predicted octanol–water partition coefficient (Wildman–Crippen LogP) is 2.88. The molecular formula is C25H16N2O6. The number of nitriles is 1. The van der Waals surface area contributed by atoms with E-state index in [9.17, 15) is 24.4 Å². The highest BCUT2D eigenvalue weighted by Gasteiger charge is 2.54. The van der Waals surface area contributed by atoms with Crippen LogP contribution in [0.5, 0.6) is 0 Å². The fourth-order valence-corrected chi connectivity index (χ4v) is 3.36. The quantitative estimate of drug-likeness (QED) is 0.443. The van der Waals surface area contributed by atoms with Crippen molar-refractivity contribution < 1.29 is 28.7 Å². The molecule has 33 heavy (non-hydrogen) atoms. The molecule has 1 aliphatic heterocycles. The van der Waals surface area contributed by atoms with Gasteiger partial charge < -0.3 is 9.47 Å². The highest BCUT2D eigenvalue weighted by atomic mass is 16.6. The van der Waals surface area contributed by atoms with Crippen LogP contribution < -0.4 is 4.90 Å². The lowest BCUT2D eigenvalue weighted by molar-refractivity contribution is -0.130. The van der Waals surface area contributed by atoms with Crippen LogP contribution in [0, 0.1) is 11.3 Å². The van der Waals surface area contributed by atoms with Gasteiger partial charge in [0.15, 0.2) is 0 Å². The first-order valence-corrected chi connectivity index (χ1v) is 9.90. The number of rotatable bonds is 5. The molecule has 1 fully saturated rings. The van der Waals surface area contributed by atoms with Gasteiger partial charge in [0, 0.05) is 0 Å². The molecule has 0 aromatic heterocycles. The van der Waals surface area contributed by atoms with Crippen molar-refractivity contribution in [2.24, 2.45) is 0 Å². The van der Waals surface area contributed by atoms with Crippen molar-refractivity contribution in [1.29, 1.82) is 5.26 Å². The summed E-state index contributed by atoms with van der Waals surface area (Å²) in [6.07, 6.45) is -3.44. The van der Waals surface area contributed by atoms with E-state index >= 15 is 0 Å². The average molecular weight is 440 g/mol. The Kier molecular flexibility index (Phi) is 5.96. The van der Waals surface area contributed by atoms with Crippen LogP contribution in [-0.2, 0) is 19.1 Å². The first kappa shape index (κ1) is 21.5. The number of carbonyl (C=O) groups excluding carboxylic acids is 4. The highest BCUT2D eigenvalue weighted by Crippen LogP contribution is 2.30. The Morgan fingerprint density at radius 1 is 0.697 bits per heavy atom. The Morgan fingerprint density at radius 2 is 1.12 bits per heavy atom. The van der Waals surface area contributed by atoms with Crippen molar-refractivity contribution >= 4 is 29.4 Å². The van der Waals surface area contributed by atoms with Crippen LogP contribution in [0.1, 0.15) is 26.3 Å². The second kappa shape index (κ2) is 9.16. The zero-order valence-electron chi connectivity index (χ0n) is 17.1. The summed E-state index contributed by atoms with van der Waals surface area (Å²) < 4.78 is 10.7.